The highest BCUT2D eigenvalue weighted by Crippen LogP contribution is 2.41. The number of aromatic nitrogens is 5. The van der Waals surface area contributed by atoms with Gasteiger partial charge in [0.15, 0.2) is 0 Å². The van der Waals surface area contributed by atoms with Crippen LogP contribution in [0.4, 0.5) is 17.5 Å². The number of piperazine rings is 1. The van der Waals surface area contributed by atoms with Gasteiger partial charge >= 0.3 is 0 Å². The summed E-state index contributed by atoms with van der Waals surface area (Å²) in [5.74, 6) is 2.46. The molecule has 0 bridgehead atoms. The van der Waals surface area contributed by atoms with Crippen molar-refractivity contribution in [3.8, 4) is 11.4 Å². The van der Waals surface area contributed by atoms with Crippen molar-refractivity contribution in [2.24, 2.45) is 0 Å². The van der Waals surface area contributed by atoms with E-state index >= 15 is 0 Å². The Morgan fingerprint density at radius 1 is 1.03 bits per heavy atom. The largest absolute Gasteiger partial charge is 0.368 e. The van der Waals surface area contributed by atoms with E-state index in [1.54, 1.807) is 0 Å². The molecule has 8 nitrogen and oxygen atoms in total. The van der Waals surface area contributed by atoms with Gasteiger partial charge in [0.25, 0.3) is 0 Å². The molecule has 0 aromatic carbocycles. The number of aryl methyl sites for hydroxylation is 1. The number of hydrogen-bond donors (Lipinski definition) is 2. The lowest BCUT2D eigenvalue weighted by Crippen LogP contribution is -2.43. The molecule has 31 heavy (non-hydrogen) atoms. The summed E-state index contributed by atoms with van der Waals surface area (Å²) in [5.41, 5.74) is 5.69. The second-order valence-corrected chi connectivity index (χ2v) is 8.77. The van der Waals surface area contributed by atoms with Gasteiger partial charge in [-0.3, -0.25) is 0 Å². The summed E-state index contributed by atoms with van der Waals surface area (Å²) >= 11 is 0. The van der Waals surface area contributed by atoms with Crippen molar-refractivity contribution < 1.29 is 0 Å². The van der Waals surface area contributed by atoms with E-state index < -0.39 is 0 Å². The second-order valence-electron chi connectivity index (χ2n) is 8.77. The predicted molar refractivity (Wildman–Crippen MR) is 121 cm³/mol. The zero-order chi connectivity index (χ0) is 20.8. The third-order valence-corrected chi connectivity index (χ3v) is 6.77. The Kier molecular flexibility index (Phi) is 4.60. The normalized spacial score (nSPS) is 18.3. The summed E-state index contributed by atoms with van der Waals surface area (Å²) in [6.45, 7) is 6.18. The van der Waals surface area contributed by atoms with Crippen LogP contribution in [-0.4, -0.2) is 50.7 Å². The molecule has 2 N–H and O–H groups in total. The molecule has 0 radical (unpaired) electrons. The molecule has 6 rings (SSSR count). The van der Waals surface area contributed by atoms with E-state index in [1.807, 2.05) is 18.5 Å². The van der Waals surface area contributed by atoms with Gasteiger partial charge in [-0.1, -0.05) is 12.8 Å². The highest BCUT2D eigenvalue weighted by atomic mass is 15.2. The van der Waals surface area contributed by atoms with Gasteiger partial charge in [-0.15, -0.1) is 0 Å². The van der Waals surface area contributed by atoms with Gasteiger partial charge in [0, 0.05) is 50.4 Å². The molecule has 4 heterocycles. The zero-order valence-electron chi connectivity index (χ0n) is 17.9. The average Bonchev–Trinajstić information content (AvgIpc) is 3.51. The third kappa shape index (κ3) is 3.35. The first-order valence-corrected chi connectivity index (χ1v) is 11.4. The maximum absolute atomic E-state index is 4.91. The van der Waals surface area contributed by atoms with Crippen molar-refractivity contribution in [1.82, 2.24) is 29.8 Å². The molecule has 3 aliphatic rings. The van der Waals surface area contributed by atoms with Crippen LogP contribution in [0.5, 0.6) is 0 Å². The summed E-state index contributed by atoms with van der Waals surface area (Å²) in [4.78, 5) is 21.3. The summed E-state index contributed by atoms with van der Waals surface area (Å²) < 4.78 is 2.44. The Bertz CT molecular complexity index is 1090. The van der Waals surface area contributed by atoms with Gasteiger partial charge in [-0.25, -0.2) is 19.9 Å². The van der Waals surface area contributed by atoms with Gasteiger partial charge in [-0.2, -0.15) is 0 Å². The number of pyridine rings is 1. The van der Waals surface area contributed by atoms with E-state index in [9.17, 15) is 0 Å². The Morgan fingerprint density at radius 3 is 2.65 bits per heavy atom. The minimum atomic E-state index is 0.549. The molecule has 0 spiro atoms. The fourth-order valence-electron chi connectivity index (χ4n) is 5.25. The van der Waals surface area contributed by atoms with Gasteiger partial charge in [-0.05, 0) is 31.9 Å². The lowest BCUT2D eigenvalue weighted by molar-refractivity contribution is 0.510. The van der Waals surface area contributed by atoms with Gasteiger partial charge in [0.2, 0.25) is 5.95 Å². The predicted octanol–water partition coefficient (Wildman–Crippen LogP) is 3.22. The molecule has 0 atom stereocenters. The minimum Gasteiger partial charge on any atom is -0.368 e. The topological polar surface area (TPSA) is 83.8 Å². The first-order chi connectivity index (χ1) is 15.3. The quantitative estimate of drug-likeness (QED) is 0.528. The number of rotatable bonds is 4. The first kappa shape index (κ1) is 18.7. The maximum atomic E-state index is 4.91. The van der Waals surface area contributed by atoms with Crippen LogP contribution in [0.2, 0.25) is 0 Å². The third-order valence-electron chi connectivity index (χ3n) is 6.77. The maximum Gasteiger partial charge on any atom is 0.228 e. The standard InChI is InChI=1S/C23H28N8/c1-15-27-19-12-16-13-26-23(29-21(16)22(19)31(15)17-4-2-3-5-17)28-20-7-6-18(14-25-20)30-10-8-24-9-11-30/h6-7,13-14,17,24H,2-5,8-12H2,1H3,(H,25,26,28,29). The van der Waals surface area contributed by atoms with E-state index in [2.05, 4.69) is 43.1 Å². The molecule has 3 aromatic rings. The van der Waals surface area contributed by atoms with Crippen molar-refractivity contribution in [2.45, 2.75) is 45.1 Å². The molecule has 2 fully saturated rings. The summed E-state index contributed by atoms with van der Waals surface area (Å²) in [5, 5.41) is 6.68. The smallest absolute Gasteiger partial charge is 0.228 e. The number of nitrogens with one attached hydrogen (secondary N) is 2. The van der Waals surface area contributed by atoms with Crippen molar-refractivity contribution >= 4 is 17.5 Å². The monoisotopic (exact) mass is 416 g/mol. The van der Waals surface area contributed by atoms with Gasteiger partial charge in [0.05, 0.1) is 29.0 Å². The van der Waals surface area contributed by atoms with E-state index in [0.717, 1.165) is 66.9 Å². The molecule has 8 heteroatoms. The van der Waals surface area contributed by atoms with Crippen LogP contribution in [0, 0.1) is 6.92 Å². The van der Waals surface area contributed by atoms with Crippen LogP contribution >= 0.6 is 0 Å². The van der Waals surface area contributed by atoms with E-state index in [1.165, 1.54) is 31.4 Å². The number of fused-ring (bicyclic) bond motifs is 3. The molecule has 3 aromatic heterocycles. The minimum absolute atomic E-state index is 0.549. The van der Waals surface area contributed by atoms with Crippen LogP contribution in [0.15, 0.2) is 24.5 Å². The molecule has 160 valence electrons. The molecule has 1 saturated heterocycles. The van der Waals surface area contributed by atoms with Crippen molar-refractivity contribution in [2.75, 3.05) is 36.4 Å². The Balaban J connectivity index is 1.26. The molecule has 1 saturated carbocycles. The first-order valence-electron chi connectivity index (χ1n) is 11.4. The molecule has 2 aliphatic carbocycles. The average molecular weight is 417 g/mol. The highest BCUT2D eigenvalue weighted by Gasteiger charge is 2.31. The Labute approximate surface area is 182 Å². The van der Waals surface area contributed by atoms with Crippen LogP contribution in [0.25, 0.3) is 11.4 Å². The van der Waals surface area contributed by atoms with Crippen LogP contribution in [-0.2, 0) is 6.42 Å². The van der Waals surface area contributed by atoms with E-state index in [-0.39, 0.29) is 0 Å². The summed E-state index contributed by atoms with van der Waals surface area (Å²) in [6.07, 6.45) is 9.76. The molecular weight excluding hydrogens is 388 g/mol. The van der Waals surface area contributed by atoms with Gasteiger partial charge < -0.3 is 20.1 Å². The summed E-state index contributed by atoms with van der Waals surface area (Å²) in [6, 6.07) is 4.67. The lowest BCUT2D eigenvalue weighted by atomic mass is 10.2. The molecule has 1 aliphatic heterocycles. The number of hydrogen-bond acceptors (Lipinski definition) is 7. The van der Waals surface area contributed by atoms with Crippen LogP contribution in [0.1, 0.15) is 48.8 Å². The van der Waals surface area contributed by atoms with Crippen molar-refractivity contribution in [3.63, 3.8) is 0 Å². The SMILES string of the molecule is Cc1nc2c(n1C1CCCC1)-c1nc(Nc3ccc(N4CCNCC4)cn3)ncc1C2. The lowest BCUT2D eigenvalue weighted by Gasteiger charge is -2.29. The fourth-order valence-corrected chi connectivity index (χ4v) is 5.25. The van der Waals surface area contributed by atoms with Crippen LogP contribution < -0.4 is 15.5 Å². The van der Waals surface area contributed by atoms with E-state index in [0.29, 0.717) is 12.0 Å². The zero-order valence-corrected chi connectivity index (χ0v) is 17.9. The number of imidazole rings is 1. The summed E-state index contributed by atoms with van der Waals surface area (Å²) in [7, 11) is 0. The van der Waals surface area contributed by atoms with Crippen molar-refractivity contribution in [3.05, 3.63) is 41.6 Å². The molecule has 0 amide bonds. The van der Waals surface area contributed by atoms with Gasteiger partial charge in [0.1, 0.15) is 11.6 Å². The molecular formula is C23H28N8. The van der Waals surface area contributed by atoms with Crippen LogP contribution in [0.3, 0.4) is 0 Å². The second kappa shape index (κ2) is 7.60. The fraction of sp³-hybridized carbons (Fsp3) is 0.478. The number of nitrogens with zero attached hydrogens (tertiary/aromatic N) is 6. The Hall–Kier alpha value is -3.00. The Morgan fingerprint density at radius 2 is 1.87 bits per heavy atom. The van der Waals surface area contributed by atoms with Crippen molar-refractivity contribution in [1.29, 1.82) is 0 Å². The molecule has 0 unspecified atom stereocenters. The van der Waals surface area contributed by atoms with E-state index in [4.69, 9.17) is 9.97 Å². The highest BCUT2D eigenvalue weighted by molar-refractivity contribution is 5.71. The number of anilines is 3.